The molecule has 0 aliphatic rings. The lowest BCUT2D eigenvalue weighted by atomic mass is 10.2. The van der Waals surface area contributed by atoms with Gasteiger partial charge < -0.3 is 14.8 Å². The van der Waals surface area contributed by atoms with Crippen molar-refractivity contribution in [3.05, 3.63) is 23.5 Å². The van der Waals surface area contributed by atoms with E-state index in [0.29, 0.717) is 12.2 Å². The Kier molecular flexibility index (Phi) is 2.28. The second-order valence-corrected chi connectivity index (χ2v) is 2.13. The van der Waals surface area contributed by atoms with Gasteiger partial charge in [0.15, 0.2) is 0 Å². The maximum Gasteiger partial charge on any atom is 0.337 e. The number of aromatic nitrogens is 1. The fourth-order valence-corrected chi connectivity index (χ4v) is 0.870. The van der Waals surface area contributed by atoms with Gasteiger partial charge in [-0.3, -0.25) is 0 Å². The summed E-state index contributed by atoms with van der Waals surface area (Å²) < 4.78 is 4.79. The number of aromatic carboxylic acids is 1. The first kappa shape index (κ1) is 7.81. The van der Waals surface area contributed by atoms with Crippen molar-refractivity contribution in [2.24, 2.45) is 0 Å². The molecule has 0 fully saturated rings. The number of H-pyrrole nitrogens is 1. The number of nitrogens with one attached hydrogen (secondary N) is 1. The molecule has 0 aliphatic carbocycles. The van der Waals surface area contributed by atoms with E-state index < -0.39 is 5.97 Å². The lowest BCUT2D eigenvalue weighted by molar-refractivity contribution is 0.0692. The molecule has 0 aliphatic heterocycles. The lowest BCUT2D eigenvalue weighted by Gasteiger charge is -1.95. The van der Waals surface area contributed by atoms with Gasteiger partial charge in [-0.2, -0.15) is 0 Å². The molecule has 0 saturated heterocycles. The highest BCUT2D eigenvalue weighted by Gasteiger charge is 2.09. The smallest absolute Gasteiger partial charge is 0.337 e. The van der Waals surface area contributed by atoms with Crippen LogP contribution in [0.4, 0.5) is 0 Å². The topological polar surface area (TPSA) is 62.3 Å². The predicted molar refractivity (Wildman–Crippen MR) is 38.5 cm³/mol. The van der Waals surface area contributed by atoms with Gasteiger partial charge in [0.05, 0.1) is 12.2 Å². The average molecular weight is 155 g/mol. The van der Waals surface area contributed by atoms with Crippen LogP contribution in [-0.2, 0) is 11.3 Å². The van der Waals surface area contributed by atoms with Crippen LogP contribution in [0.2, 0.25) is 0 Å². The minimum absolute atomic E-state index is 0.270. The number of rotatable bonds is 3. The fraction of sp³-hybridized carbons (Fsp3) is 0.286. The van der Waals surface area contributed by atoms with Gasteiger partial charge in [0.2, 0.25) is 0 Å². The number of hydrogen-bond acceptors (Lipinski definition) is 2. The van der Waals surface area contributed by atoms with Gasteiger partial charge in [-0.05, 0) is 0 Å². The summed E-state index contributed by atoms with van der Waals surface area (Å²) in [6.07, 6.45) is 3.06. The first-order valence-corrected chi connectivity index (χ1v) is 3.13. The van der Waals surface area contributed by atoms with Crippen LogP contribution in [-0.4, -0.2) is 23.2 Å². The van der Waals surface area contributed by atoms with E-state index in [4.69, 9.17) is 9.84 Å². The van der Waals surface area contributed by atoms with Crippen LogP contribution in [0.5, 0.6) is 0 Å². The van der Waals surface area contributed by atoms with Crippen molar-refractivity contribution < 1.29 is 14.6 Å². The van der Waals surface area contributed by atoms with Gasteiger partial charge in [-0.1, -0.05) is 0 Å². The Morgan fingerprint density at radius 3 is 3.00 bits per heavy atom. The predicted octanol–water partition coefficient (Wildman–Crippen LogP) is 0.859. The van der Waals surface area contributed by atoms with E-state index in [1.807, 2.05) is 0 Å². The Morgan fingerprint density at radius 1 is 1.73 bits per heavy atom. The van der Waals surface area contributed by atoms with Gasteiger partial charge in [0, 0.05) is 25.1 Å². The zero-order valence-corrected chi connectivity index (χ0v) is 6.13. The van der Waals surface area contributed by atoms with E-state index >= 15 is 0 Å². The zero-order valence-electron chi connectivity index (χ0n) is 6.13. The van der Waals surface area contributed by atoms with Gasteiger partial charge in [0.1, 0.15) is 0 Å². The van der Waals surface area contributed by atoms with Crippen molar-refractivity contribution in [2.75, 3.05) is 7.11 Å². The third kappa shape index (κ3) is 1.59. The molecule has 2 N–H and O–H groups in total. The highest BCUT2D eigenvalue weighted by atomic mass is 16.5. The Balaban J connectivity index is 2.87. The lowest BCUT2D eigenvalue weighted by Crippen LogP contribution is -1.99. The summed E-state index contributed by atoms with van der Waals surface area (Å²) in [5.74, 6) is -0.932. The van der Waals surface area contributed by atoms with Crippen molar-refractivity contribution in [1.82, 2.24) is 4.98 Å². The molecule has 1 aromatic rings. The normalized spacial score (nSPS) is 9.91. The third-order valence-corrected chi connectivity index (χ3v) is 1.36. The number of carboxylic acids is 1. The molecule has 1 aromatic heterocycles. The number of aromatic amines is 1. The highest BCUT2D eigenvalue weighted by Crippen LogP contribution is 2.08. The van der Waals surface area contributed by atoms with Gasteiger partial charge in [-0.15, -0.1) is 0 Å². The molecule has 0 saturated carbocycles. The number of carbonyl (C=O) groups is 1. The Bertz CT molecular complexity index is 254. The van der Waals surface area contributed by atoms with Crippen molar-refractivity contribution in [3.8, 4) is 0 Å². The average Bonchev–Trinajstić information content (AvgIpc) is 2.36. The van der Waals surface area contributed by atoms with Gasteiger partial charge in [0.25, 0.3) is 0 Å². The van der Waals surface area contributed by atoms with Crippen molar-refractivity contribution >= 4 is 5.97 Å². The molecule has 4 nitrogen and oxygen atoms in total. The second kappa shape index (κ2) is 3.21. The van der Waals surface area contributed by atoms with Crippen LogP contribution in [0.15, 0.2) is 12.4 Å². The molecule has 1 heterocycles. The molecule has 0 radical (unpaired) electrons. The number of ether oxygens (including phenoxy) is 1. The SMILES string of the molecule is COCc1c[nH]cc1C(=O)O. The van der Waals surface area contributed by atoms with Crippen LogP contribution in [0, 0.1) is 0 Å². The van der Waals surface area contributed by atoms with Crippen LogP contribution in [0.1, 0.15) is 15.9 Å². The summed E-state index contributed by atoms with van der Waals surface area (Å²) in [7, 11) is 1.53. The monoisotopic (exact) mass is 155 g/mol. The summed E-state index contributed by atoms with van der Waals surface area (Å²) in [6, 6.07) is 0. The fourth-order valence-electron chi connectivity index (χ4n) is 0.870. The molecular weight excluding hydrogens is 146 g/mol. The first-order valence-electron chi connectivity index (χ1n) is 3.13. The summed E-state index contributed by atoms with van der Waals surface area (Å²) >= 11 is 0. The highest BCUT2D eigenvalue weighted by molar-refractivity contribution is 5.89. The summed E-state index contributed by atoms with van der Waals surface area (Å²) in [5, 5.41) is 8.61. The Hall–Kier alpha value is -1.29. The Labute approximate surface area is 63.8 Å². The molecule has 0 spiro atoms. The molecule has 4 heteroatoms. The van der Waals surface area contributed by atoms with E-state index in [1.165, 1.54) is 13.3 Å². The second-order valence-electron chi connectivity index (χ2n) is 2.13. The molecule has 60 valence electrons. The van der Waals surface area contributed by atoms with Gasteiger partial charge in [-0.25, -0.2) is 4.79 Å². The third-order valence-electron chi connectivity index (χ3n) is 1.36. The quantitative estimate of drug-likeness (QED) is 0.680. The number of hydrogen-bond donors (Lipinski definition) is 2. The van der Waals surface area contributed by atoms with E-state index in [1.54, 1.807) is 6.20 Å². The molecule has 0 amide bonds. The first-order chi connectivity index (χ1) is 5.25. The Morgan fingerprint density at radius 2 is 2.45 bits per heavy atom. The van der Waals surface area contributed by atoms with E-state index in [0.717, 1.165) is 0 Å². The molecule has 0 unspecified atom stereocenters. The van der Waals surface area contributed by atoms with Crippen molar-refractivity contribution in [3.63, 3.8) is 0 Å². The van der Waals surface area contributed by atoms with Crippen LogP contribution in [0.25, 0.3) is 0 Å². The van der Waals surface area contributed by atoms with Crippen LogP contribution >= 0.6 is 0 Å². The molecule has 11 heavy (non-hydrogen) atoms. The zero-order chi connectivity index (χ0) is 8.27. The van der Waals surface area contributed by atoms with Gasteiger partial charge >= 0.3 is 5.97 Å². The van der Waals surface area contributed by atoms with Crippen molar-refractivity contribution in [1.29, 1.82) is 0 Å². The standard InChI is InChI=1S/C7H9NO3/c1-11-4-5-2-8-3-6(5)7(9)10/h2-3,8H,4H2,1H3,(H,9,10). The van der Waals surface area contributed by atoms with E-state index in [2.05, 4.69) is 4.98 Å². The minimum Gasteiger partial charge on any atom is -0.478 e. The largest absolute Gasteiger partial charge is 0.478 e. The molecule has 0 aromatic carbocycles. The van der Waals surface area contributed by atoms with Crippen LogP contribution in [0.3, 0.4) is 0 Å². The van der Waals surface area contributed by atoms with E-state index in [-0.39, 0.29) is 5.56 Å². The molecular formula is C7H9NO3. The van der Waals surface area contributed by atoms with E-state index in [9.17, 15) is 4.79 Å². The molecule has 0 bridgehead atoms. The number of methoxy groups -OCH3 is 1. The summed E-state index contributed by atoms with van der Waals surface area (Å²) in [6.45, 7) is 0.325. The van der Waals surface area contributed by atoms with Crippen molar-refractivity contribution in [2.45, 2.75) is 6.61 Å². The summed E-state index contributed by atoms with van der Waals surface area (Å²) in [4.78, 5) is 13.2. The maximum absolute atomic E-state index is 10.5. The number of carboxylic acid groups (broad SMARTS) is 1. The maximum atomic E-state index is 10.5. The molecule has 1 rings (SSSR count). The van der Waals surface area contributed by atoms with Crippen LogP contribution < -0.4 is 0 Å². The molecule has 0 atom stereocenters. The minimum atomic E-state index is -0.932. The summed E-state index contributed by atoms with van der Waals surface area (Å²) in [5.41, 5.74) is 0.937.